The molecule has 0 atom stereocenters. The van der Waals surface area contributed by atoms with E-state index in [1.165, 1.54) is 12.1 Å². The zero-order valence-corrected chi connectivity index (χ0v) is 14.6. The van der Waals surface area contributed by atoms with Crippen LogP contribution in [-0.2, 0) is 4.79 Å². The van der Waals surface area contributed by atoms with Crippen molar-refractivity contribution in [2.45, 2.75) is 13.3 Å². The maximum atomic E-state index is 12.6. The molecule has 0 N–H and O–H groups in total. The minimum absolute atomic E-state index is 0.00715. The lowest BCUT2D eigenvalue weighted by atomic mass is 10.1. The molecular weight excluding hydrogens is 322 g/mol. The molecule has 8 heteroatoms. The van der Waals surface area contributed by atoms with E-state index in [1.807, 2.05) is 6.92 Å². The highest BCUT2D eigenvalue weighted by atomic mass is 16.6. The highest BCUT2D eigenvalue weighted by Gasteiger charge is 2.29. The molecule has 2 heterocycles. The highest BCUT2D eigenvalue weighted by molar-refractivity contribution is 6.11. The fourth-order valence-corrected chi connectivity index (χ4v) is 3.25. The molecule has 25 heavy (non-hydrogen) atoms. The number of benzodiazepines with no additional fused rings is 1. The molecule has 0 unspecified atom stereocenters. The molecule has 1 saturated heterocycles. The predicted octanol–water partition coefficient (Wildman–Crippen LogP) is 1.35. The van der Waals surface area contributed by atoms with Gasteiger partial charge in [-0.2, -0.15) is 0 Å². The number of nitro groups is 1. The second-order valence-electron chi connectivity index (χ2n) is 6.43. The van der Waals surface area contributed by atoms with Gasteiger partial charge >= 0.3 is 0 Å². The van der Waals surface area contributed by atoms with Gasteiger partial charge in [-0.25, -0.2) is 0 Å². The number of hydrogen-bond donors (Lipinski definition) is 0. The lowest BCUT2D eigenvalue weighted by molar-refractivity contribution is -0.384. The number of nitro benzene ring substituents is 1. The predicted molar refractivity (Wildman–Crippen MR) is 96.2 cm³/mol. The number of fused-ring (bicyclic) bond motifs is 1. The molecular formula is C17H23N5O3. The molecule has 1 fully saturated rings. The molecule has 2 aliphatic heterocycles. The van der Waals surface area contributed by atoms with Crippen LogP contribution in [0.15, 0.2) is 23.2 Å². The Morgan fingerprint density at radius 1 is 1.24 bits per heavy atom. The molecule has 1 aromatic carbocycles. The molecule has 1 amide bonds. The number of nitrogens with zero attached hydrogens (tertiary/aromatic N) is 5. The van der Waals surface area contributed by atoms with Crippen molar-refractivity contribution in [2.75, 3.05) is 51.2 Å². The third-order valence-corrected chi connectivity index (χ3v) is 4.64. The van der Waals surface area contributed by atoms with E-state index in [0.29, 0.717) is 12.2 Å². The number of benzene rings is 1. The third kappa shape index (κ3) is 3.48. The van der Waals surface area contributed by atoms with Crippen molar-refractivity contribution in [3.8, 4) is 0 Å². The van der Waals surface area contributed by atoms with Gasteiger partial charge in [0, 0.05) is 50.4 Å². The summed E-state index contributed by atoms with van der Waals surface area (Å²) >= 11 is 0. The molecule has 3 rings (SSSR count). The Kier molecular flexibility index (Phi) is 4.98. The van der Waals surface area contributed by atoms with Crippen LogP contribution < -0.4 is 4.90 Å². The lowest BCUT2D eigenvalue weighted by Gasteiger charge is -2.35. The Morgan fingerprint density at radius 2 is 1.96 bits per heavy atom. The monoisotopic (exact) mass is 345 g/mol. The van der Waals surface area contributed by atoms with E-state index in [9.17, 15) is 14.9 Å². The van der Waals surface area contributed by atoms with Gasteiger partial charge in [0.2, 0.25) is 5.91 Å². The first kappa shape index (κ1) is 17.3. The van der Waals surface area contributed by atoms with E-state index < -0.39 is 4.92 Å². The standard InChI is InChI=1S/C17H23N5O3/c1-3-6-21-15-11-13(22(24)25)4-5-14(15)17(18-12-16(21)23)20-9-7-19(2)8-10-20/h4-5,11H,3,6-10,12H2,1-2H3. The summed E-state index contributed by atoms with van der Waals surface area (Å²) in [6, 6.07) is 4.72. The maximum absolute atomic E-state index is 12.6. The zero-order chi connectivity index (χ0) is 18.0. The molecule has 0 spiro atoms. The largest absolute Gasteiger partial charge is 0.354 e. The van der Waals surface area contributed by atoms with Crippen molar-refractivity contribution < 1.29 is 9.72 Å². The molecule has 0 aromatic heterocycles. The summed E-state index contributed by atoms with van der Waals surface area (Å²) in [5.74, 6) is 0.651. The first-order valence-electron chi connectivity index (χ1n) is 8.58. The minimum Gasteiger partial charge on any atom is -0.354 e. The molecule has 0 bridgehead atoms. The van der Waals surface area contributed by atoms with Crippen molar-refractivity contribution in [3.63, 3.8) is 0 Å². The second kappa shape index (κ2) is 7.18. The van der Waals surface area contributed by atoms with Crippen LogP contribution in [0.3, 0.4) is 0 Å². The van der Waals surface area contributed by atoms with Crippen LogP contribution in [0, 0.1) is 10.1 Å². The van der Waals surface area contributed by atoms with Gasteiger partial charge in [0.15, 0.2) is 0 Å². The minimum atomic E-state index is -0.424. The van der Waals surface area contributed by atoms with E-state index >= 15 is 0 Å². The Balaban J connectivity index is 2.05. The number of likely N-dealkylation sites (N-methyl/N-ethyl adjacent to an activating group) is 1. The number of piperazine rings is 1. The topological polar surface area (TPSA) is 82.3 Å². The van der Waals surface area contributed by atoms with E-state index in [2.05, 4.69) is 21.8 Å². The van der Waals surface area contributed by atoms with Gasteiger partial charge in [-0.15, -0.1) is 0 Å². The molecule has 8 nitrogen and oxygen atoms in total. The number of aliphatic imine (C=N–C) groups is 1. The van der Waals surface area contributed by atoms with Crippen LogP contribution in [-0.4, -0.2) is 72.8 Å². The van der Waals surface area contributed by atoms with Crippen LogP contribution >= 0.6 is 0 Å². The van der Waals surface area contributed by atoms with Crippen molar-refractivity contribution in [1.82, 2.24) is 9.80 Å². The van der Waals surface area contributed by atoms with E-state index in [4.69, 9.17) is 0 Å². The van der Waals surface area contributed by atoms with Gasteiger partial charge in [0.05, 0.1) is 10.6 Å². The molecule has 1 aromatic rings. The van der Waals surface area contributed by atoms with Crippen LogP contribution in [0.5, 0.6) is 0 Å². The first-order chi connectivity index (χ1) is 12.0. The average molecular weight is 345 g/mol. The Labute approximate surface area is 146 Å². The third-order valence-electron chi connectivity index (χ3n) is 4.64. The number of hydrogen-bond acceptors (Lipinski definition) is 6. The summed E-state index contributed by atoms with van der Waals surface area (Å²) in [6.07, 6.45) is 0.776. The Morgan fingerprint density at radius 3 is 2.60 bits per heavy atom. The van der Waals surface area contributed by atoms with Crippen molar-refractivity contribution in [1.29, 1.82) is 0 Å². The summed E-state index contributed by atoms with van der Waals surface area (Å²) in [4.78, 5) is 33.9. The first-order valence-corrected chi connectivity index (χ1v) is 8.58. The number of amidine groups is 1. The van der Waals surface area contributed by atoms with E-state index in [-0.39, 0.29) is 18.1 Å². The highest BCUT2D eigenvalue weighted by Crippen LogP contribution is 2.30. The Hall–Kier alpha value is -2.48. The molecule has 0 radical (unpaired) electrons. The smallest absolute Gasteiger partial charge is 0.271 e. The van der Waals surface area contributed by atoms with Gasteiger partial charge in [-0.05, 0) is 19.5 Å². The molecule has 2 aliphatic rings. The number of rotatable bonds is 3. The van der Waals surface area contributed by atoms with Crippen molar-refractivity contribution in [2.24, 2.45) is 4.99 Å². The second-order valence-corrected chi connectivity index (χ2v) is 6.43. The zero-order valence-electron chi connectivity index (χ0n) is 14.6. The molecule has 0 aliphatic carbocycles. The summed E-state index contributed by atoms with van der Waals surface area (Å²) in [5.41, 5.74) is 1.39. The summed E-state index contributed by atoms with van der Waals surface area (Å²) in [6.45, 7) is 6.09. The fraction of sp³-hybridized carbons (Fsp3) is 0.529. The number of anilines is 1. The van der Waals surface area contributed by atoms with Gasteiger partial charge < -0.3 is 14.7 Å². The van der Waals surface area contributed by atoms with Gasteiger partial charge in [0.1, 0.15) is 12.4 Å². The summed E-state index contributed by atoms with van der Waals surface area (Å²) in [7, 11) is 2.08. The van der Waals surface area contributed by atoms with Gasteiger partial charge in [-0.1, -0.05) is 6.92 Å². The normalized spacial score (nSPS) is 18.6. The summed E-state index contributed by atoms with van der Waals surface area (Å²) in [5, 5.41) is 11.2. The lowest BCUT2D eigenvalue weighted by Crippen LogP contribution is -2.47. The number of amides is 1. The van der Waals surface area contributed by atoms with Crippen LogP contribution in [0.1, 0.15) is 18.9 Å². The number of carbonyl (C=O) groups excluding carboxylic acids is 1. The summed E-state index contributed by atoms with van der Waals surface area (Å²) < 4.78 is 0. The van der Waals surface area contributed by atoms with E-state index in [1.54, 1.807) is 11.0 Å². The maximum Gasteiger partial charge on any atom is 0.271 e. The average Bonchev–Trinajstić information content (AvgIpc) is 2.73. The van der Waals surface area contributed by atoms with Gasteiger partial charge in [0.25, 0.3) is 5.69 Å². The van der Waals surface area contributed by atoms with Crippen LogP contribution in [0.2, 0.25) is 0 Å². The van der Waals surface area contributed by atoms with Crippen LogP contribution in [0.4, 0.5) is 11.4 Å². The fourth-order valence-electron chi connectivity index (χ4n) is 3.25. The number of non-ortho nitro benzene ring substituents is 1. The van der Waals surface area contributed by atoms with Gasteiger partial charge in [-0.3, -0.25) is 19.9 Å². The van der Waals surface area contributed by atoms with Crippen LogP contribution in [0.25, 0.3) is 0 Å². The van der Waals surface area contributed by atoms with E-state index in [0.717, 1.165) is 44.0 Å². The SMILES string of the molecule is CCCN1C(=O)CN=C(N2CCN(C)CC2)c2ccc([N+](=O)[O-])cc21. The quantitative estimate of drug-likeness (QED) is 0.610. The number of carbonyl (C=O) groups is 1. The molecule has 134 valence electrons. The Bertz CT molecular complexity index is 710. The van der Waals surface area contributed by atoms with Crippen molar-refractivity contribution in [3.05, 3.63) is 33.9 Å². The van der Waals surface area contributed by atoms with Crippen molar-refractivity contribution >= 4 is 23.1 Å². The molecule has 0 saturated carbocycles.